The van der Waals surface area contributed by atoms with Crippen LogP contribution in [0.4, 0.5) is 5.82 Å². The molecule has 0 radical (unpaired) electrons. The third-order valence-corrected chi connectivity index (χ3v) is 4.88. The fraction of sp³-hybridized carbons (Fsp3) is 0.176. The lowest BCUT2D eigenvalue weighted by Gasteiger charge is -2.04. The predicted octanol–water partition coefficient (Wildman–Crippen LogP) is 3.00. The molecule has 0 spiro atoms. The second kappa shape index (κ2) is 7.95. The second-order valence-electron chi connectivity index (χ2n) is 5.90. The van der Waals surface area contributed by atoms with Gasteiger partial charge in [0.1, 0.15) is 11.6 Å². The Morgan fingerprint density at radius 3 is 2.79 bits per heavy atom. The molecule has 0 aliphatic carbocycles. The average Bonchev–Trinajstić information content (AvgIpc) is 3.32. The Labute approximate surface area is 169 Å². The van der Waals surface area contributed by atoms with E-state index in [1.165, 1.54) is 11.8 Å². The van der Waals surface area contributed by atoms with Crippen LogP contribution in [0.5, 0.6) is 0 Å². The zero-order valence-corrected chi connectivity index (χ0v) is 16.4. The molecule has 0 aliphatic heterocycles. The molecule has 0 unspecified atom stereocenters. The number of nitrogen functional groups attached to an aromatic ring is 1. The molecule has 1 aromatic carbocycles. The molecule has 0 fully saturated rings. The molecule has 28 heavy (non-hydrogen) atoms. The van der Waals surface area contributed by atoms with Gasteiger partial charge in [-0.1, -0.05) is 28.6 Å². The van der Waals surface area contributed by atoms with Crippen LogP contribution in [0.25, 0.3) is 11.5 Å². The van der Waals surface area contributed by atoms with Crippen LogP contribution in [-0.4, -0.2) is 35.2 Å². The molecular formula is C17H15ClN8OS. The van der Waals surface area contributed by atoms with Crippen molar-refractivity contribution in [1.82, 2.24) is 35.2 Å². The summed E-state index contributed by atoms with van der Waals surface area (Å²) in [7, 11) is 0. The third kappa shape index (κ3) is 4.29. The van der Waals surface area contributed by atoms with Crippen LogP contribution in [0.3, 0.4) is 0 Å². The first-order valence-electron chi connectivity index (χ1n) is 8.26. The molecule has 0 saturated carbocycles. The highest BCUT2D eigenvalue weighted by atomic mass is 35.5. The molecule has 0 amide bonds. The standard InChI is InChI=1S/C17H15ClN8OS/c1-10-20-6-12(15(19)21-10)7-26-8-14(22-25-26)9-28-17-24-23-16(27-17)11-2-4-13(18)5-3-11/h2-6,8H,7,9H2,1H3,(H2,19,20,21). The molecule has 4 aromatic rings. The molecule has 9 nitrogen and oxygen atoms in total. The van der Waals surface area contributed by atoms with Crippen LogP contribution in [0.1, 0.15) is 17.1 Å². The van der Waals surface area contributed by atoms with E-state index in [1.54, 1.807) is 29.9 Å². The van der Waals surface area contributed by atoms with E-state index in [0.717, 1.165) is 16.8 Å². The van der Waals surface area contributed by atoms with Crippen molar-refractivity contribution in [2.24, 2.45) is 0 Å². The molecule has 0 aliphatic rings. The van der Waals surface area contributed by atoms with Gasteiger partial charge < -0.3 is 10.2 Å². The Morgan fingerprint density at radius 1 is 1.18 bits per heavy atom. The lowest BCUT2D eigenvalue weighted by atomic mass is 10.2. The maximum atomic E-state index is 5.92. The minimum absolute atomic E-state index is 0.442. The lowest BCUT2D eigenvalue weighted by molar-refractivity contribution is 0.466. The van der Waals surface area contributed by atoms with Gasteiger partial charge in [-0.25, -0.2) is 14.6 Å². The van der Waals surface area contributed by atoms with Crippen molar-refractivity contribution in [2.45, 2.75) is 24.4 Å². The zero-order valence-electron chi connectivity index (χ0n) is 14.8. The van der Waals surface area contributed by atoms with Gasteiger partial charge in [-0.2, -0.15) is 0 Å². The van der Waals surface area contributed by atoms with E-state index >= 15 is 0 Å². The van der Waals surface area contributed by atoms with Crippen molar-refractivity contribution in [1.29, 1.82) is 0 Å². The highest BCUT2D eigenvalue weighted by Crippen LogP contribution is 2.26. The van der Waals surface area contributed by atoms with Crippen molar-refractivity contribution >= 4 is 29.2 Å². The van der Waals surface area contributed by atoms with Crippen LogP contribution >= 0.6 is 23.4 Å². The summed E-state index contributed by atoms with van der Waals surface area (Å²) in [5.74, 6) is 2.06. The topological polar surface area (TPSA) is 121 Å². The summed E-state index contributed by atoms with van der Waals surface area (Å²) < 4.78 is 7.36. The van der Waals surface area contributed by atoms with Gasteiger partial charge in [0.25, 0.3) is 5.22 Å². The van der Waals surface area contributed by atoms with Crippen LogP contribution in [0.15, 0.2) is 46.3 Å². The van der Waals surface area contributed by atoms with E-state index < -0.39 is 0 Å². The SMILES string of the molecule is Cc1ncc(Cn2cc(CSc3nnc(-c4ccc(Cl)cc4)o3)nn2)c(N)n1. The summed E-state index contributed by atoms with van der Waals surface area (Å²) >= 11 is 7.28. The molecular weight excluding hydrogens is 400 g/mol. The van der Waals surface area contributed by atoms with Gasteiger partial charge in [-0.15, -0.1) is 15.3 Å². The van der Waals surface area contributed by atoms with Gasteiger partial charge in [0.15, 0.2) is 0 Å². The molecule has 142 valence electrons. The fourth-order valence-corrected chi connectivity index (χ4v) is 3.17. The number of nitrogens with zero attached hydrogens (tertiary/aromatic N) is 7. The van der Waals surface area contributed by atoms with Gasteiger partial charge in [0, 0.05) is 34.3 Å². The normalized spacial score (nSPS) is 11.1. The van der Waals surface area contributed by atoms with Gasteiger partial charge >= 0.3 is 0 Å². The van der Waals surface area contributed by atoms with Crippen molar-refractivity contribution in [3.05, 3.63) is 58.8 Å². The highest BCUT2D eigenvalue weighted by molar-refractivity contribution is 7.98. The van der Waals surface area contributed by atoms with E-state index in [1.807, 2.05) is 18.3 Å². The molecule has 4 rings (SSSR count). The smallest absolute Gasteiger partial charge is 0.277 e. The number of nitrogens with two attached hydrogens (primary N) is 1. The lowest BCUT2D eigenvalue weighted by Crippen LogP contribution is -2.07. The van der Waals surface area contributed by atoms with E-state index in [0.29, 0.717) is 40.1 Å². The van der Waals surface area contributed by atoms with E-state index in [2.05, 4.69) is 30.5 Å². The summed E-state index contributed by atoms with van der Waals surface area (Å²) in [6.45, 7) is 2.24. The van der Waals surface area contributed by atoms with Crippen LogP contribution < -0.4 is 5.73 Å². The van der Waals surface area contributed by atoms with Gasteiger partial charge in [0.05, 0.1) is 12.2 Å². The van der Waals surface area contributed by atoms with Gasteiger partial charge in [-0.3, -0.25) is 0 Å². The quantitative estimate of drug-likeness (QED) is 0.474. The minimum Gasteiger partial charge on any atom is -0.411 e. The van der Waals surface area contributed by atoms with Crippen LogP contribution in [-0.2, 0) is 12.3 Å². The summed E-state index contributed by atoms with van der Waals surface area (Å²) in [4.78, 5) is 8.31. The second-order valence-corrected chi connectivity index (χ2v) is 7.27. The Balaban J connectivity index is 1.37. The van der Waals surface area contributed by atoms with Crippen molar-refractivity contribution in [3.63, 3.8) is 0 Å². The molecule has 11 heteroatoms. The summed E-state index contributed by atoms with van der Waals surface area (Å²) in [5.41, 5.74) is 8.30. The number of halogens is 1. The summed E-state index contributed by atoms with van der Waals surface area (Å²) in [5, 5.41) is 17.5. The highest BCUT2D eigenvalue weighted by Gasteiger charge is 2.11. The van der Waals surface area contributed by atoms with E-state index in [9.17, 15) is 0 Å². The number of anilines is 1. The number of thioether (sulfide) groups is 1. The number of rotatable bonds is 6. The Kier molecular flexibility index (Phi) is 5.22. The zero-order chi connectivity index (χ0) is 19.5. The molecule has 3 heterocycles. The molecule has 0 saturated heterocycles. The van der Waals surface area contributed by atoms with Crippen LogP contribution in [0, 0.1) is 6.92 Å². The maximum absolute atomic E-state index is 5.92. The average molecular weight is 415 g/mol. The maximum Gasteiger partial charge on any atom is 0.277 e. The van der Waals surface area contributed by atoms with E-state index in [4.69, 9.17) is 21.8 Å². The molecule has 3 aromatic heterocycles. The first-order chi connectivity index (χ1) is 13.6. The number of aromatic nitrogens is 7. The van der Waals surface area contributed by atoms with E-state index in [-0.39, 0.29) is 0 Å². The molecule has 0 atom stereocenters. The van der Waals surface area contributed by atoms with Crippen LogP contribution in [0.2, 0.25) is 5.02 Å². The fourth-order valence-electron chi connectivity index (χ4n) is 2.40. The van der Waals surface area contributed by atoms with Gasteiger partial charge in [0.2, 0.25) is 5.89 Å². The number of aryl methyl sites for hydroxylation is 1. The summed E-state index contributed by atoms with van der Waals surface area (Å²) in [6, 6.07) is 7.21. The molecule has 0 bridgehead atoms. The first-order valence-corrected chi connectivity index (χ1v) is 9.62. The van der Waals surface area contributed by atoms with Gasteiger partial charge in [-0.05, 0) is 31.2 Å². The number of benzene rings is 1. The first kappa shape index (κ1) is 18.4. The number of hydrogen-bond donors (Lipinski definition) is 1. The molecule has 2 N–H and O–H groups in total. The van der Waals surface area contributed by atoms with Crippen molar-refractivity contribution < 1.29 is 4.42 Å². The van der Waals surface area contributed by atoms with Crippen molar-refractivity contribution in [2.75, 3.05) is 5.73 Å². The largest absolute Gasteiger partial charge is 0.411 e. The van der Waals surface area contributed by atoms with Crippen molar-refractivity contribution in [3.8, 4) is 11.5 Å². The summed E-state index contributed by atoms with van der Waals surface area (Å²) in [6.07, 6.45) is 3.53. The minimum atomic E-state index is 0.442. The Hall–Kier alpha value is -2.98. The Morgan fingerprint density at radius 2 is 2.00 bits per heavy atom. The Bertz CT molecular complexity index is 1090. The predicted molar refractivity (Wildman–Crippen MR) is 105 cm³/mol. The monoisotopic (exact) mass is 414 g/mol. The number of hydrogen-bond acceptors (Lipinski definition) is 9. The third-order valence-electron chi connectivity index (χ3n) is 3.78.